The second kappa shape index (κ2) is 7.33. The molecule has 0 fully saturated rings. The van der Waals surface area contributed by atoms with Gasteiger partial charge in [0.15, 0.2) is 0 Å². The van der Waals surface area contributed by atoms with Crippen molar-refractivity contribution < 1.29 is 9.66 Å². The molecule has 0 aliphatic heterocycles. The minimum atomic E-state index is -0.396. The molecule has 0 amide bonds. The smallest absolute Gasteiger partial charge is 0.273 e. The Balaban J connectivity index is 2.62. The highest BCUT2D eigenvalue weighted by Crippen LogP contribution is 2.32. The lowest BCUT2D eigenvalue weighted by atomic mass is 10.2. The molecule has 1 N–H and O–H groups in total. The van der Waals surface area contributed by atoms with E-state index in [1.165, 1.54) is 6.07 Å². The monoisotopic (exact) mass is 316 g/mol. The maximum absolute atomic E-state index is 10.8. The van der Waals surface area contributed by atoms with E-state index in [0.29, 0.717) is 22.4 Å². The number of ether oxygens (including phenoxy) is 1. The van der Waals surface area contributed by atoms with Crippen molar-refractivity contribution in [2.45, 2.75) is 20.3 Å². The molecule has 1 rings (SSSR count). The van der Waals surface area contributed by atoms with Crippen LogP contribution < -0.4 is 10.1 Å². The van der Waals surface area contributed by atoms with E-state index in [0.717, 1.165) is 19.5 Å². The van der Waals surface area contributed by atoms with E-state index >= 15 is 0 Å². The first-order valence-corrected chi connectivity index (χ1v) is 6.63. The Morgan fingerprint density at radius 3 is 2.78 bits per heavy atom. The molecule has 0 unspecified atom stereocenters. The standard InChI is InChI=1S/C12H17BrN2O3/c1-3-4-14-5-6-18-12-7-9(2)11(15(16)17)8-10(12)13/h7-8,14H,3-6H2,1-2H3. The van der Waals surface area contributed by atoms with E-state index in [1.807, 2.05) is 0 Å². The Morgan fingerprint density at radius 2 is 2.17 bits per heavy atom. The van der Waals surface area contributed by atoms with E-state index in [-0.39, 0.29) is 5.69 Å². The molecule has 18 heavy (non-hydrogen) atoms. The maximum atomic E-state index is 10.8. The first-order valence-electron chi connectivity index (χ1n) is 5.84. The average Bonchev–Trinajstić information content (AvgIpc) is 2.32. The second-order valence-electron chi connectivity index (χ2n) is 3.92. The van der Waals surface area contributed by atoms with Gasteiger partial charge < -0.3 is 10.1 Å². The predicted octanol–water partition coefficient (Wildman–Crippen LogP) is 3.04. The third-order valence-electron chi connectivity index (χ3n) is 2.41. The minimum Gasteiger partial charge on any atom is -0.491 e. The van der Waals surface area contributed by atoms with E-state index in [1.54, 1.807) is 13.0 Å². The van der Waals surface area contributed by atoms with Crippen LogP contribution in [0, 0.1) is 17.0 Å². The van der Waals surface area contributed by atoms with Crippen LogP contribution in [0.2, 0.25) is 0 Å². The highest BCUT2D eigenvalue weighted by Gasteiger charge is 2.14. The molecule has 0 bridgehead atoms. The molecule has 0 saturated heterocycles. The zero-order chi connectivity index (χ0) is 13.5. The van der Waals surface area contributed by atoms with E-state index in [2.05, 4.69) is 28.2 Å². The van der Waals surface area contributed by atoms with Crippen molar-refractivity contribution in [3.8, 4) is 5.75 Å². The number of halogens is 1. The summed E-state index contributed by atoms with van der Waals surface area (Å²) in [6.07, 6.45) is 1.08. The molecular formula is C12H17BrN2O3. The molecule has 0 spiro atoms. The summed E-state index contributed by atoms with van der Waals surface area (Å²) in [6, 6.07) is 3.16. The number of hydrogen-bond acceptors (Lipinski definition) is 4. The van der Waals surface area contributed by atoms with Gasteiger partial charge in [-0.25, -0.2) is 0 Å². The topological polar surface area (TPSA) is 64.4 Å². The van der Waals surface area contributed by atoms with Crippen LogP contribution in [0.25, 0.3) is 0 Å². The number of hydrogen-bond donors (Lipinski definition) is 1. The number of aryl methyl sites for hydroxylation is 1. The SMILES string of the molecule is CCCNCCOc1cc(C)c([N+](=O)[O-])cc1Br. The van der Waals surface area contributed by atoms with Crippen LogP contribution in [0.1, 0.15) is 18.9 Å². The lowest BCUT2D eigenvalue weighted by Gasteiger charge is -2.09. The fourth-order valence-electron chi connectivity index (χ4n) is 1.49. The fourth-order valence-corrected chi connectivity index (χ4v) is 1.93. The molecule has 0 atom stereocenters. The quantitative estimate of drug-likeness (QED) is 0.477. The number of nitrogens with zero attached hydrogens (tertiary/aromatic N) is 1. The molecule has 5 nitrogen and oxygen atoms in total. The molecule has 0 aliphatic rings. The molecule has 6 heteroatoms. The van der Waals surface area contributed by atoms with Crippen molar-refractivity contribution in [2.24, 2.45) is 0 Å². The zero-order valence-corrected chi connectivity index (χ0v) is 12.1. The summed E-state index contributed by atoms with van der Waals surface area (Å²) in [6.45, 7) is 6.06. The maximum Gasteiger partial charge on any atom is 0.273 e. The van der Waals surface area contributed by atoms with Gasteiger partial charge in [-0.05, 0) is 41.9 Å². The summed E-state index contributed by atoms with van der Waals surface area (Å²) < 4.78 is 6.17. The van der Waals surface area contributed by atoms with Crippen LogP contribution in [0.5, 0.6) is 5.75 Å². The van der Waals surface area contributed by atoms with Gasteiger partial charge in [0.1, 0.15) is 12.4 Å². The summed E-state index contributed by atoms with van der Waals surface area (Å²) in [5.41, 5.74) is 0.693. The summed E-state index contributed by atoms with van der Waals surface area (Å²) in [4.78, 5) is 10.4. The molecule has 0 saturated carbocycles. The summed E-state index contributed by atoms with van der Waals surface area (Å²) >= 11 is 3.28. The molecule has 0 aliphatic carbocycles. The number of benzene rings is 1. The molecule has 1 aromatic carbocycles. The molecular weight excluding hydrogens is 300 g/mol. The second-order valence-corrected chi connectivity index (χ2v) is 4.78. The third-order valence-corrected chi connectivity index (χ3v) is 3.03. The minimum absolute atomic E-state index is 0.0957. The van der Waals surface area contributed by atoms with E-state index in [9.17, 15) is 10.1 Å². The lowest BCUT2D eigenvalue weighted by Crippen LogP contribution is -2.21. The van der Waals surface area contributed by atoms with Gasteiger partial charge in [-0.3, -0.25) is 10.1 Å². The number of nitro benzene ring substituents is 1. The predicted molar refractivity (Wildman–Crippen MR) is 74.2 cm³/mol. The van der Waals surface area contributed by atoms with Gasteiger partial charge in [0.05, 0.1) is 9.40 Å². The Hall–Kier alpha value is -1.14. The molecule has 100 valence electrons. The van der Waals surface area contributed by atoms with Crippen LogP contribution in [0.3, 0.4) is 0 Å². The average molecular weight is 317 g/mol. The van der Waals surface area contributed by atoms with E-state index in [4.69, 9.17) is 4.74 Å². The number of nitro groups is 1. The number of nitrogens with one attached hydrogen (secondary N) is 1. The van der Waals surface area contributed by atoms with Crippen LogP contribution in [-0.4, -0.2) is 24.6 Å². The van der Waals surface area contributed by atoms with Crippen LogP contribution in [0.4, 0.5) is 5.69 Å². The highest BCUT2D eigenvalue weighted by molar-refractivity contribution is 9.10. The molecule has 0 aromatic heterocycles. The van der Waals surface area contributed by atoms with Crippen molar-refractivity contribution in [2.75, 3.05) is 19.7 Å². The van der Waals surface area contributed by atoms with Crippen molar-refractivity contribution in [1.82, 2.24) is 5.32 Å². The van der Waals surface area contributed by atoms with Crippen molar-refractivity contribution in [3.05, 3.63) is 32.3 Å². The van der Waals surface area contributed by atoms with Gasteiger partial charge in [0.2, 0.25) is 0 Å². The number of rotatable bonds is 7. The molecule has 0 heterocycles. The van der Waals surface area contributed by atoms with Crippen molar-refractivity contribution in [1.29, 1.82) is 0 Å². The summed E-state index contributed by atoms with van der Waals surface area (Å²) in [5.74, 6) is 0.636. The zero-order valence-electron chi connectivity index (χ0n) is 10.5. The lowest BCUT2D eigenvalue weighted by molar-refractivity contribution is -0.385. The fraction of sp³-hybridized carbons (Fsp3) is 0.500. The first-order chi connectivity index (χ1) is 8.56. The Labute approximate surface area is 115 Å². The summed E-state index contributed by atoms with van der Waals surface area (Å²) in [5, 5.41) is 14.0. The van der Waals surface area contributed by atoms with Gasteiger partial charge in [-0.2, -0.15) is 0 Å². The van der Waals surface area contributed by atoms with Gasteiger partial charge in [0.25, 0.3) is 5.69 Å². The Morgan fingerprint density at radius 1 is 1.44 bits per heavy atom. The normalized spacial score (nSPS) is 10.4. The Bertz CT molecular complexity index is 424. The third kappa shape index (κ3) is 4.27. The highest BCUT2D eigenvalue weighted by atomic mass is 79.9. The molecule has 0 radical (unpaired) electrons. The van der Waals surface area contributed by atoms with Crippen LogP contribution in [-0.2, 0) is 0 Å². The van der Waals surface area contributed by atoms with Crippen molar-refractivity contribution >= 4 is 21.6 Å². The van der Waals surface area contributed by atoms with Gasteiger partial charge in [-0.1, -0.05) is 6.92 Å². The largest absolute Gasteiger partial charge is 0.491 e. The van der Waals surface area contributed by atoms with Crippen LogP contribution >= 0.6 is 15.9 Å². The molecule has 1 aromatic rings. The van der Waals surface area contributed by atoms with Crippen molar-refractivity contribution in [3.63, 3.8) is 0 Å². The summed E-state index contributed by atoms with van der Waals surface area (Å²) in [7, 11) is 0. The Kier molecular flexibility index (Phi) is 6.07. The van der Waals surface area contributed by atoms with Gasteiger partial charge in [0, 0.05) is 18.2 Å². The van der Waals surface area contributed by atoms with Crippen LogP contribution in [0.15, 0.2) is 16.6 Å². The van der Waals surface area contributed by atoms with E-state index < -0.39 is 4.92 Å². The van der Waals surface area contributed by atoms with Gasteiger partial charge in [-0.15, -0.1) is 0 Å². The van der Waals surface area contributed by atoms with Gasteiger partial charge >= 0.3 is 0 Å². The first kappa shape index (κ1) is 14.9.